The minimum Gasteiger partial charge on any atom is -0.462 e. The van der Waals surface area contributed by atoms with Gasteiger partial charge in [-0.1, -0.05) is 22.8 Å². The Kier molecular flexibility index (Phi) is 6.11. The molecule has 1 amide bonds. The number of fused-ring (bicyclic) bond motifs is 1. The first-order chi connectivity index (χ1) is 14.9. The third-order valence-corrected chi connectivity index (χ3v) is 6.69. The Morgan fingerprint density at radius 2 is 2.06 bits per heavy atom. The molecule has 1 aliphatic carbocycles. The second kappa shape index (κ2) is 8.80. The van der Waals surface area contributed by atoms with Crippen LogP contribution in [0.2, 0.25) is 5.02 Å². The van der Waals surface area contributed by atoms with Gasteiger partial charge in [0, 0.05) is 4.88 Å². The van der Waals surface area contributed by atoms with E-state index in [2.05, 4.69) is 10.5 Å². The molecule has 6 nitrogen and oxygen atoms in total. The molecule has 0 bridgehead atoms. The maximum atomic E-state index is 14.5. The van der Waals surface area contributed by atoms with Crippen LogP contribution in [0.3, 0.4) is 0 Å². The highest BCUT2D eigenvalue weighted by atomic mass is 35.5. The van der Waals surface area contributed by atoms with Crippen molar-refractivity contribution in [1.82, 2.24) is 5.16 Å². The van der Waals surface area contributed by atoms with Crippen molar-refractivity contribution in [2.75, 3.05) is 11.9 Å². The molecule has 0 saturated heterocycles. The zero-order valence-corrected chi connectivity index (χ0v) is 18.6. The molecule has 0 fully saturated rings. The maximum Gasteiger partial charge on any atom is 0.341 e. The SMILES string of the molecule is CCOC(=O)c1c(NC(=O)c2c(-c3c(F)cccc3Cl)noc2C)sc2c1CCCC2. The Labute approximate surface area is 187 Å². The zero-order chi connectivity index (χ0) is 22.1. The van der Waals surface area contributed by atoms with Crippen LogP contribution in [0.1, 0.15) is 56.7 Å². The van der Waals surface area contributed by atoms with Crippen molar-refractivity contribution < 1.29 is 23.2 Å². The van der Waals surface area contributed by atoms with Crippen molar-refractivity contribution in [2.45, 2.75) is 39.5 Å². The zero-order valence-electron chi connectivity index (χ0n) is 17.0. The molecular formula is C22H20ClFN2O4S. The summed E-state index contributed by atoms with van der Waals surface area (Å²) in [6.07, 6.45) is 3.62. The summed E-state index contributed by atoms with van der Waals surface area (Å²) in [4.78, 5) is 27.0. The lowest BCUT2D eigenvalue weighted by molar-refractivity contribution is 0.0526. The van der Waals surface area contributed by atoms with Gasteiger partial charge in [-0.2, -0.15) is 0 Å². The Morgan fingerprint density at radius 1 is 1.29 bits per heavy atom. The van der Waals surface area contributed by atoms with Crippen molar-refractivity contribution in [3.8, 4) is 11.3 Å². The smallest absolute Gasteiger partial charge is 0.341 e. The lowest BCUT2D eigenvalue weighted by Crippen LogP contribution is -2.16. The summed E-state index contributed by atoms with van der Waals surface area (Å²) in [5.41, 5.74) is 1.39. The number of aromatic nitrogens is 1. The number of esters is 1. The number of rotatable bonds is 5. The fourth-order valence-corrected chi connectivity index (χ4v) is 5.30. The van der Waals surface area contributed by atoms with Crippen LogP contribution in [0.15, 0.2) is 22.7 Å². The molecule has 0 aliphatic heterocycles. The number of nitrogens with zero attached hydrogens (tertiary/aromatic N) is 1. The molecule has 31 heavy (non-hydrogen) atoms. The molecule has 0 spiro atoms. The summed E-state index contributed by atoms with van der Waals surface area (Å²) in [5.74, 6) is -1.42. The first kappa shape index (κ1) is 21.5. The molecule has 0 atom stereocenters. The molecule has 0 unspecified atom stereocenters. The number of hydrogen-bond acceptors (Lipinski definition) is 6. The molecule has 1 N–H and O–H groups in total. The van der Waals surface area contributed by atoms with Crippen LogP contribution in [0.25, 0.3) is 11.3 Å². The van der Waals surface area contributed by atoms with Gasteiger partial charge >= 0.3 is 5.97 Å². The normalized spacial score (nSPS) is 13.0. The number of carbonyl (C=O) groups excluding carboxylic acids is 2. The van der Waals surface area contributed by atoms with Gasteiger partial charge in [-0.25, -0.2) is 9.18 Å². The molecule has 0 saturated carbocycles. The number of ether oxygens (including phenoxy) is 1. The maximum absolute atomic E-state index is 14.5. The van der Waals surface area contributed by atoms with E-state index in [9.17, 15) is 14.0 Å². The van der Waals surface area contributed by atoms with Gasteiger partial charge in [0.25, 0.3) is 5.91 Å². The molecule has 3 aromatic rings. The van der Waals surface area contributed by atoms with E-state index in [0.717, 1.165) is 36.1 Å². The summed E-state index contributed by atoms with van der Waals surface area (Å²) in [6.45, 7) is 3.53. The van der Waals surface area contributed by atoms with E-state index in [1.807, 2.05) is 0 Å². The van der Waals surface area contributed by atoms with Gasteiger partial charge in [0.2, 0.25) is 0 Å². The van der Waals surface area contributed by atoms with Gasteiger partial charge in [0.15, 0.2) is 0 Å². The van der Waals surface area contributed by atoms with Crippen LogP contribution < -0.4 is 5.32 Å². The van der Waals surface area contributed by atoms with Crippen LogP contribution in [0.5, 0.6) is 0 Å². The Bertz CT molecular complexity index is 1150. The molecule has 4 rings (SSSR count). The number of nitrogens with one attached hydrogen (secondary N) is 1. The van der Waals surface area contributed by atoms with Crippen molar-refractivity contribution in [2.24, 2.45) is 0 Å². The highest BCUT2D eigenvalue weighted by molar-refractivity contribution is 7.17. The van der Waals surface area contributed by atoms with E-state index in [1.54, 1.807) is 13.8 Å². The average Bonchev–Trinajstić information content (AvgIpc) is 3.28. The van der Waals surface area contributed by atoms with E-state index < -0.39 is 17.7 Å². The third kappa shape index (κ3) is 3.97. The summed E-state index contributed by atoms with van der Waals surface area (Å²) in [5, 5.41) is 7.22. The van der Waals surface area contributed by atoms with E-state index in [1.165, 1.54) is 29.5 Å². The summed E-state index contributed by atoms with van der Waals surface area (Å²) >= 11 is 7.54. The Balaban J connectivity index is 1.75. The van der Waals surface area contributed by atoms with Gasteiger partial charge in [-0.15, -0.1) is 11.3 Å². The number of halogens is 2. The van der Waals surface area contributed by atoms with Gasteiger partial charge in [-0.05, 0) is 57.2 Å². The quantitative estimate of drug-likeness (QED) is 0.484. The fourth-order valence-electron chi connectivity index (χ4n) is 3.77. The largest absolute Gasteiger partial charge is 0.462 e. The number of anilines is 1. The number of amides is 1. The van der Waals surface area contributed by atoms with E-state index >= 15 is 0 Å². The second-order valence-electron chi connectivity index (χ2n) is 7.15. The van der Waals surface area contributed by atoms with Gasteiger partial charge in [0.05, 0.1) is 22.8 Å². The van der Waals surface area contributed by atoms with Crippen molar-refractivity contribution in [1.29, 1.82) is 0 Å². The highest BCUT2D eigenvalue weighted by Crippen LogP contribution is 2.40. The molecule has 2 heterocycles. The Hall–Kier alpha value is -2.71. The van der Waals surface area contributed by atoms with Gasteiger partial charge in [0.1, 0.15) is 27.8 Å². The molecule has 9 heteroatoms. The molecule has 2 aromatic heterocycles. The summed E-state index contributed by atoms with van der Waals surface area (Å²) in [6, 6.07) is 4.21. The van der Waals surface area contributed by atoms with Crippen LogP contribution in [-0.2, 0) is 17.6 Å². The van der Waals surface area contributed by atoms with Crippen molar-refractivity contribution in [3.63, 3.8) is 0 Å². The van der Waals surface area contributed by atoms with Crippen molar-refractivity contribution in [3.05, 3.63) is 56.4 Å². The topological polar surface area (TPSA) is 81.4 Å². The summed E-state index contributed by atoms with van der Waals surface area (Å²) < 4.78 is 24.9. The lowest BCUT2D eigenvalue weighted by Gasteiger charge is -2.12. The molecule has 0 radical (unpaired) electrons. The second-order valence-corrected chi connectivity index (χ2v) is 8.66. The highest BCUT2D eigenvalue weighted by Gasteiger charge is 2.30. The Morgan fingerprint density at radius 3 is 2.81 bits per heavy atom. The molecule has 1 aromatic carbocycles. The lowest BCUT2D eigenvalue weighted by atomic mass is 9.95. The first-order valence-electron chi connectivity index (χ1n) is 9.96. The van der Waals surface area contributed by atoms with Crippen LogP contribution in [-0.4, -0.2) is 23.6 Å². The summed E-state index contributed by atoms with van der Waals surface area (Å²) in [7, 11) is 0. The number of benzene rings is 1. The van der Waals surface area contributed by atoms with E-state index in [4.69, 9.17) is 20.9 Å². The van der Waals surface area contributed by atoms with Gasteiger partial charge < -0.3 is 14.6 Å². The average molecular weight is 463 g/mol. The minimum absolute atomic E-state index is 0.0112. The van der Waals surface area contributed by atoms with E-state index in [-0.39, 0.29) is 34.2 Å². The van der Waals surface area contributed by atoms with Crippen LogP contribution in [0.4, 0.5) is 9.39 Å². The van der Waals surface area contributed by atoms with E-state index in [0.29, 0.717) is 10.6 Å². The number of carbonyl (C=O) groups is 2. The van der Waals surface area contributed by atoms with Crippen LogP contribution in [0, 0.1) is 12.7 Å². The molecule has 162 valence electrons. The predicted octanol–water partition coefficient (Wildman–Crippen LogP) is 5.81. The van der Waals surface area contributed by atoms with Crippen molar-refractivity contribution >= 4 is 39.8 Å². The third-order valence-electron chi connectivity index (χ3n) is 5.17. The van der Waals surface area contributed by atoms with Crippen LogP contribution >= 0.6 is 22.9 Å². The standard InChI is InChI=1S/C22H20ClFN2O4S/c1-3-29-22(28)17-12-7-4-5-10-15(12)31-21(17)25-20(27)16-11(2)30-26-19(16)18-13(23)8-6-9-14(18)24/h6,8-9H,3-5,7,10H2,1-2H3,(H,25,27). The molecular weight excluding hydrogens is 443 g/mol. The fraction of sp³-hybridized carbons (Fsp3) is 0.318. The number of aryl methyl sites for hydroxylation is 2. The predicted molar refractivity (Wildman–Crippen MR) is 117 cm³/mol. The monoisotopic (exact) mass is 462 g/mol. The molecule has 1 aliphatic rings. The number of thiophene rings is 1. The van der Waals surface area contributed by atoms with Gasteiger partial charge in [-0.3, -0.25) is 4.79 Å². The minimum atomic E-state index is -0.617. The number of hydrogen-bond donors (Lipinski definition) is 1. The first-order valence-corrected chi connectivity index (χ1v) is 11.2.